The maximum absolute atomic E-state index is 11.8. The fourth-order valence-electron chi connectivity index (χ4n) is 1.95. The Morgan fingerprint density at radius 3 is 2.46 bits per heavy atom. The first-order valence-corrected chi connectivity index (χ1v) is 8.24. The Bertz CT molecular complexity index is 696. The molecular weight excluding hydrogens is 328 g/mol. The SMILES string of the molecule is COC(=O)Nc1ccc(CNC(=O)CCC(=O)c2cccs2)cc1. The Morgan fingerprint density at radius 2 is 1.83 bits per heavy atom. The highest BCUT2D eigenvalue weighted by molar-refractivity contribution is 7.12. The topological polar surface area (TPSA) is 84.5 Å². The van der Waals surface area contributed by atoms with E-state index < -0.39 is 6.09 Å². The minimum atomic E-state index is -0.536. The molecular formula is C17H18N2O4S. The van der Waals surface area contributed by atoms with E-state index in [0.29, 0.717) is 17.1 Å². The smallest absolute Gasteiger partial charge is 0.411 e. The third kappa shape index (κ3) is 5.51. The third-order valence-electron chi connectivity index (χ3n) is 3.25. The summed E-state index contributed by atoms with van der Waals surface area (Å²) >= 11 is 1.38. The Labute approximate surface area is 143 Å². The Kier molecular flexibility index (Phi) is 6.51. The van der Waals surface area contributed by atoms with Gasteiger partial charge < -0.3 is 10.1 Å². The molecule has 126 valence electrons. The zero-order valence-electron chi connectivity index (χ0n) is 13.2. The number of ether oxygens (including phenoxy) is 1. The van der Waals surface area contributed by atoms with Gasteiger partial charge in [-0.3, -0.25) is 14.9 Å². The van der Waals surface area contributed by atoms with E-state index in [2.05, 4.69) is 15.4 Å². The number of carbonyl (C=O) groups is 3. The Morgan fingerprint density at radius 1 is 1.08 bits per heavy atom. The lowest BCUT2D eigenvalue weighted by Gasteiger charge is -2.07. The number of nitrogens with one attached hydrogen (secondary N) is 2. The molecule has 1 heterocycles. The molecule has 0 saturated carbocycles. The van der Waals surface area contributed by atoms with Crippen LogP contribution >= 0.6 is 11.3 Å². The van der Waals surface area contributed by atoms with E-state index in [9.17, 15) is 14.4 Å². The number of rotatable bonds is 7. The van der Waals surface area contributed by atoms with E-state index in [1.165, 1.54) is 18.4 Å². The van der Waals surface area contributed by atoms with Crippen LogP contribution in [-0.2, 0) is 16.1 Å². The van der Waals surface area contributed by atoms with Crippen LogP contribution in [0.4, 0.5) is 10.5 Å². The number of carbonyl (C=O) groups excluding carboxylic acids is 3. The Hall–Kier alpha value is -2.67. The second kappa shape index (κ2) is 8.83. The van der Waals surface area contributed by atoms with Crippen LogP contribution in [0.5, 0.6) is 0 Å². The van der Waals surface area contributed by atoms with Crippen molar-refractivity contribution in [2.24, 2.45) is 0 Å². The monoisotopic (exact) mass is 346 g/mol. The number of anilines is 1. The van der Waals surface area contributed by atoms with Gasteiger partial charge in [0.05, 0.1) is 12.0 Å². The molecule has 0 aliphatic carbocycles. The fourth-order valence-corrected chi connectivity index (χ4v) is 2.65. The van der Waals surface area contributed by atoms with Crippen LogP contribution in [-0.4, -0.2) is 24.9 Å². The van der Waals surface area contributed by atoms with Crippen LogP contribution in [0.2, 0.25) is 0 Å². The van der Waals surface area contributed by atoms with E-state index in [0.717, 1.165) is 5.56 Å². The van der Waals surface area contributed by atoms with Gasteiger partial charge in [-0.2, -0.15) is 0 Å². The van der Waals surface area contributed by atoms with Gasteiger partial charge in [0.1, 0.15) is 0 Å². The maximum atomic E-state index is 11.8. The van der Waals surface area contributed by atoms with Crippen molar-refractivity contribution in [2.45, 2.75) is 19.4 Å². The number of thiophene rings is 1. The summed E-state index contributed by atoms with van der Waals surface area (Å²) in [4.78, 5) is 35.4. The molecule has 0 aliphatic rings. The summed E-state index contributed by atoms with van der Waals surface area (Å²) < 4.78 is 4.50. The molecule has 0 atom stereocenters. The predicted octanol–water partition coefficient (Wildman–Crippen LogP) is 3.21. The molecule has 24 heavy (non-hydrogen) atoms. The summed E-state index contributed by atoms with van der Waals surface area (Å²) in [6.07, 6.45) is -0.168. The largest absolute Gasteiger partial charge is 0.453 e. The first-order valence-electron chi connectivity index (χ1n) is 7.36. The van der Waals surface area contributed by atoms with Crippen LogP contribution in [0.25, 0.3) is 0 Å². The molecule has 2 amide bonds. The highest BCUT2D eigenvalue weighted by Gasteiger charge is 2.10. The highest BCUT2D eigenvalue weighted by atomic mass is 32.1. The molecule has 0 radical (unpaired) electrons. The van der Waals surface area contributed by atoms with Crippen LogP contribution in [0.3, 0.4) is 0 Å². The maximum Gasteiger partial charge on any atom is 0.411 e. The molecule has 0 unspecified atom stereocenters. The lowest BCUT2D eigenvalue weighted by atomic mass is 10.1. The molecule has 0 spiro atoms. The van der Waals surface area contributed by atoms with Gasteiger partial charge in [-0.25, -0.2) is 4.79 Å². The van der Waals surface area contributed by atoms with Gasteiger partial charge in [0, 0.05) is 25.1 Å². The molecule has 1 aromatic carbocycles. The highest BCUT2D eigenvalue weighted by Crippen LogP contribution is 2.12. The van der Waals surface area contributed by atoms with Gasteiger partial charge >= 0.3 is 6.09 Å². The van der Waals surface area contributed by atoms with Crippen molar-refractivity contribution >= 4 is 34.8 Å². The second-order valence-electron chi connectivity index (χ2n) is 4.99. The molecule has 0 fully saturated rings. The van der Waals surface area contributed by atoms with Crippen molar-refractivity contribution in [3.05, 3.63) is 52.2 Å². The number of hydrogen-bond acceptors (Lipinski definition) is 5. The van der Waals surface area contributed by atoms with Crippen LogP contribution < -0.4 is 10.6 Å². The average Bonchev–Trinajstić information content (AvgIpc) is 3.13. The number of ketones is 1. The van der Waals surface area contributed by atoms with E-state index in [1.54, 1.807) is 30.3 Å². The van der Waals surface area contributed by atoms with Crippen molar-refractivity contribution in [2.75, 3.05) is 12.4 Å². The van der Waals surface area contributed by atoms with Gasteiger partial charge in [-0.05, 0) is 29.1 Å². The first kappa shape index (κ1) is 17.7. The normalized spacial score (nSPS) is 10.0. The minimum Gasteiger partial charge on any atom is -0.453 e. The molecule has 2 N–H and O–H groups in total. The number of amides is 2. The van der Waals surface area contributed by atoms with E-state index in [4.69, 9.17) is 0 Å². The lowest BCUT2D eigenvalue weighted by Crippen LogP contribution is -2.23. The minimum absolute atomic E-state index is 0.0154. The fraction of sp³-hybridized carbons (Fsp3) is 0.235. The zero-order valence-corrected chi connectivity index (χ0v) is 14.0. The van der Waals surface area contributed by atoms with E-state index in [1.807, 2.05) is 11.4 Å². The predicted molar refractivity (Wildman–Crippen MR) is 92.2 cm³/mol. The summed E-state index contributed by atoms with van der Waals surface area (Å²) in [5.74, 6) is -0.185. The van der Waals surface area contributed by atoms with Crippen molar-refractivity contribution in [3.8, 4) is 0 Å². The second-order valence-corrected chi connectivity index (χ2v) is 5.94. The molecule has 0 saturated heterocycles. The van der Waals surface area contributed by atoms with Crippen LogP contribution in [0, 0.1) is 0 Å². The van der Waals surface area contributed by atoms with Crippen molar-refractivity contribution in [1.82, 2.24) is 5.32 Å². The summed E-state index contributed by atoms with van der Waals surface area (Å²) in [7, 11) is 1.29. The number of hydrogen-bond donors (Lipinski definition) is 2. The van der Waals surface area contributed by atoms with Crippen molar-refractivity contribution in [3.63, 3.8) is 0 Å². The van der Waals surface area contributed by atoms with Crippen LogP contribution in [0.1, 0.15) is 28.1 Å². The molecule has 2 aromatic rings. The number of benzene rings is 1. The molecule has 0 aliphatic heterocycles. The molecule has 0 bridgehead atoms. The van der Waals surface area contributed by atoms with Gasteiger partial charge in [0.15, 0.2) is 5.78 Å². The van der Waals surface area contributed by atoms with Crippen molar-refractivity contribution in [1.29, 1.82) is 0 Å². The third-order valence-corrected chi connectivity index (χ3v) is 4.16. The van der Waals surface area contributed by atoms with Crippen molar-refractivity contribution < 1.29 is 19.1 Å². The molecule has 1 aromatic heterocycles. The van der Waals surface area contributed by atoms with Gasteiger partial charge in [0.25, 0.3) is 0 Å². The summed E-state index contributed by atoms with van der Waals surface area (Å²) in [6.45, 7) is 0.366. The molecule has 6 nitrogen and oxygen atoms in total. The molecule has 2 rings (SSSR count). The van der Waals surface area contributed by atoms with Crippen LogP contribution in [0.15, 0.2) is 41.8 Å². The van der Waals surface area contributed by atoms with E-state index >= 15 is 0 Å². The number of Topliss-reactive ketones (excluding diaryl/α,β-unsaturated/α-hetero) is 1. The number of methoxy groups -OCH3 is 1. The first-order chi connectivity index (χ1) is 11.6. The summed E-state index contributed by atoms with van der Waals surface area (Å²) in [6, 6.07) is 10.6. The Balaban J connectivity index is 1.73. The summed E-state index contributed by atoms with van der Waals surface area (Å²) in [5, 5.41) is 7.16. The quantitative estimate of drug-likeness (QED) is 0.754. The summed E-state index contributed by atoms with van der Waals surface area (Å²) in [5.41, 5.74) is 1.50. The van der Waals surface area contributed by atoms with E-state index in [-0.39, 0.29) is 24.5 Å². The standard InChI is InChI=1S/C17H18N2O4S/c1-23-17(22)19-13-6-4-12(5-7-13)11-18-16(21)9-8-14(20)15-3-2-10-24-15/h2-7,10H,8-9,11H2,1H3,(H,18,21)(H,19,22). The van der Waals surface area contributed by atoms with Gasteiger partial charge in [0.2, 0.25) is 5.91 Å². The average molecular weight is 346 g/mol. The lowest BCUT2D eigenvalue weighted by molar-refractivity contribution is -0.121. The zero-order chi connectivity index (χ0) is 17.4. The van der Waals surface area contributed by atoms with Gasteiger partial charge in [-0.1, -0.05) is 18.2 Å². The van der Waals surface area contributed by atoms with Gasteiger partial charge in [-0.15, -0.1) is 11.3 Å². The molecule has 7 heteroatoms.